The van der Waals surface area contributed by atoms with Crippen molar-refractivity contribution < 1.29 is 60.3 Å². The van der Waals surface area contributed by atoms with E-state index in [2.05, 4.69) is 130 Å². The van der Waals surface area contributed by atoms with Gasteiger partial charge in [-0.15, -0.1) is 0 Å². The van der Waals surface area contributed by atoms with Crippen molar-refractivity contribution in [1.29, 1.82) is 0 Å². The summed E-state index contributed by atoms with van der Waals surface area (Å²) in [5.74, 6) is 2.21. The number of nitrogens with one attached hydrogen (secondary N) is 7. The molecule has 7 heterocycles. The highest BCUT2D eigenvalue weighted by molar-refractivity contribution is 9.10. The molecule has 646 valence electrons. The normalized spacial score (nSPS) is 12.3. The molecule has 7 N–H and O–H groups in total. The first-order valence-electron chi connectivity index (χ1n) is 39.4. The molecule has 0 aliphatic rings. The highest BCUT2D eigenvalue weighted by atomic mass is 79.9. The first-order valence-corrected chi connectivity index (χ1v) is 41.3. The molecule has 7 atom stereocenters. The summed E-state index contributed by atoms with van der Waals surface area (Å²) in [5, 5.41) is 20.1. The van der Waals surface area contributed by atoms with Crippen molar-refractivity contribution in [2.24, 2.45) is 41.4 Å². The maximum absolute atomic E-state index is 12.9. The molecule has 0 fully saturated rings. The molecular weight excluding hydrogens is 1640 g/mol. The second-order valence-electron chi connectivity index (χ2n) is 28.2. The SMILES string of the molecule is CCC(CNC(C)=O)Cc1ccc(Cl)nc1.CCC(CNC(C)=O)Cc1ccc(F)nc1.CCC(CNC(C)=O)Cc1cccnc1OC.CCC(CNC(C)=O)Cc1ccnc(Br)c1.CCC(CNC(C)=O)Cc1ccnc(Cl)c1.CCC(CNC(C)=O)Cc1ccnc(F)c1.CCC(CNC(C)=O)Cc1cnc(Cl)c(C(F)(F)F)c1. The lowest BCUT2D eigenvalue weighted by Crippen LogP contribution is -2.27. The van der Waals surface area contributed by atoms with Crippen LogP contribution in [0.1, 0.15) is 186 Å². The van der Waals surface area contributed by atoms with E-state index in [-0.39, 0.29) is 47.3 Å². The topological polar surface area (TPSA) is 303 Å². The maximum Gasteiger partial charge on any atom is 0.419 e. The fraction of sp³-hybridized carbons (Fsp3) is 0.512. The number of halogens is 9. The van der Waals surface area contributed by atoms with Gasteiger partial charge in [0.15, 0.2) is 0 Å². The van der Waals surface area contributed by atoms with Crippen LogP contribution < -0.4 is 42.0 Å². The molecule has 0 saturated heterocycles. The number of amides is 7. The standard InChI is InChI=1S/C13H16ClF3N2O.C13H20N2O2.C12H17BrN2O.2C12H17ClN2O.2C12H17FN2O/c1-3-9(6-18-8(2)20)4-10-5-11(13(15,16)17)12(14)19-7-10;1-4-11(9-15-10(2)16)8-12-6-5-7-14-13(12)17-3;2*1-3-10(8-15-9(2)16)6-11-4-5-14-12(13)7-11;1-3-10(7-14-9(2)16)6-11-4-5-12(13)15-8-11;1-3-10(8-15-9(2)16)6-11-4-5-14-12(13)7-11;1-3-10(7-14-9(2)16)6-11-4-5-12(13)15-8-11/h5,7,9H,3-4,6H2,1-2H3,(H,18,20);5-7,11H,4,8-9H2,1-3H3,(H,15,16);2*4-5,7,10H,3,6,8H2,1-2H3,(H,15,16);4-5,8,10H,3,6-7H2,1-2H3,(H,14,16);4-5,7,10H,3,6,8H2,1-2H3,(H,15,16);4-5,8,10H,3,6-7H2,1-2H3,(H,14,16). The molecule has 7 aromatic rings. The van der Waals surface area contributed by atoms with Crippen LogP contribution in [-0.4, -0.2) is 129 Å². The Bertz CT molecular complexity index is 3780. The van der Waals surface area contributed by atoms with Gasteiger partial charge in [0.2, 0.25) is 59.1 Å². The third-order valence-corrected chi connectivity index (χ3v) is 19.5. The van der Waals surface area contributed by atoms with Crippen LogP contribution >= 0.6 is 50.7 Å². The van der Waals surface area contributed by atoms with Crippen molar-refractivity contribution in [2.75, 3.05) is 52.9 Å². The summed E-state index contributed by atoms with van der Waals surface area (Å²) in [5.41, 5.74) is 6.11. The van der Waals surface area contributed by atoms with Crippen molar-refractivity contribution in [1.82, 2.24) is 72.1 Å². The quantitative estimate of drug-likeness (QED) is 0.0142. The van der Waals surface area contributed by atoms with E-state index >= 15 is 0 Å². The van der Waals surface area contributed by atoms with Gasteiger partial charge in [0.05, 0.1) is 12.7 Å². The van der Waals surface area contributed by atoms with Crippen LogP contribution in [0, 0.1) is 53.3 Å². The summed E-state index contributed by atoms with van der Waals surface area (Å²) in [6.07, 6.45) is 19.3. The van der Waals surface area contributed by atoms with E-state index in [0.29, 0.717) is 103 Å². The molecule has 0 radical (unpaired) electrons. The molecular formula is C86H121BrCl3F5N14O8. The summed E-state index contributed by atoms with van der Waals surface area (Å²) in [4.78, 5) is 103. The predicted octanol–water partition coefficient (Wildman–Crippen LogP) is 16.5. The van der Waals surface area contributed by atoms with Gasteiger partial charge in [-0.05, 0) is 196 Å². The van der Waals surface area contributed by atoms with Crippen LogP contribution in [0.25, 0.3) is 0 Å². The highest BCUT2D eigenvalue weighted by Gasteiger charge is 2.34. The number of carbonyl (C=O) groups is 7. The molecule has 31 heteroatoms. The number of hydrogen-bond acceptors (Lipinski definition) is 15. The Kier molecular flexibility index (Phi) is 55.8. The fourth-order valence-corrected chi connectivity index (χ4v) is 12.1. The number of ether oxygens (including phenoxy) is 1. The van der Waals surface area contributed by atoms with Gasteiger partial charge in [0.25, 0.3) is 0 Å². The predicted molar refractivity (Wildman–Crippen MR) is 457 cm³/mol. The van der Waals surface area contributed by atoms with E-state index in [1.807, 2.05) is 49.4 Å². The Balaban J connectivity index is 0.000000683. The zero-order chi connectivity index (χ0) is 87.8. The van der Waals surface area contributed by atoms with E-state index in [0.717, 1.165) is 129 Å². The number of methoxy groups -OCH3 is 1. The van der Waals surface area contributed by atoms with Gasteiger partial charge >= 0.3 is 6.18 Å². The molecule has 0 aliphatic heterocycles. The number of alkyl halides is 3. The molecule has 7 rings (SSSR count). The molecule has 7 aromatic heterocycles. The molecule has 0 spiro atoms. The summed E-state index contributed by atoms with van der Waals surface area (Å²) >= 11 is 20.4. The molecule has 22 nitrogen and oxygen atoms in total. The number of hydrogen-bond donors (Lipinski definition) is 7. The Morgan fingerprint density at radius 2 is 0.726 bits per heavy atom. The first-order chi connectivity index (χ1) is 55.5. The maximum atomic E-state index is 12.9. The van der Waals surface area contributed by atoms with Gasteiger partial charge in [0, 0.05) is 143 Å². The molecule has 0 aromatic carbocycles. The van der Waals surface area contributed by atoms with E-state index in [1.165, 1.54) is 71.6 Å². The zero-order valence-corrected chi connectivity index (χ0v) is 74.1. The smallest absolute Gasteiger partial charge is 0.419 e. The summed E-state index contributed by atoms with van der Waals surface area (Å²) in [7, 11) is 1.63. The van der Waals surface area contributed by atoms with Gasteiger partial charge in [-0.2, -0.15) is 22.0 Å². The molecule has 0 bridgehead atoms. The van der Waals surface area contributed by atoms with Crippen molar-refractivity contribution in [3.05, 3.63) is 199 Å². The van der Waals surface area contributed by atoms with Crippen LogP contribution in [-0.2, 0) is 84.7 Å². The first kappa shape index (κ1) is 106. The number of aromatic nitrogens is 7. The third-order valence-electron chi connectivity index (χ3n) is 18.4. The molecule has 0 saturated carbocycles. The van der Waals surface area contributed by atoms with Gasteiger partial charge in [-0.3, -0.25) is 33.6 Å². The van der Waals surface area contributed by atoms with Crippen molar-refractivity contribution in [3.63, 3.8) is 0 Å². The lowest BCUT2D eigenvalue weighted by molar-refractivity contribution is -0.138. The molecule has 7 unspecified atom stereocenters. The number of carbonyl (C=O) groups excluding carboxylic acids is 7. The van der Waals surface area contributed by atoms with Crippen molar-refractivity contribution >= 4 is 92.1 Å². The average Bonchev–Trinajstić information content (AvgIpc) is 0.822. The van der Waals surface area contributed by atoms with Gasteiger partial charge < -0.3 is 42.0 Å². The lowest BCUT2D eigenvalue weighted by Gasteiger charge is -2.16. The molecule has 7 amide bonds. The number of nitrogens with zero attached hydrogens (tertiary/aromatic N) is 7. The van der Waals surface area contributed by atoms with Crippen LogP contribution in [0.3, 0.4) is 0 Å². The van der Waals surface area contributed by atoms with E-state index in [9.17, 15) is 55.5 Å². The van der Waals surface area contributed by atoms with Gasteiger partial charge in [-0.25, -0.2) is 34.9 Å². The molecule has 0 aliphatic carbocycles. The second-order valence-corrected chi connectivity index (χ2v) is 30.1. The Morgan fingerprint density at radius 1 is 0.376 bits per heavy atom. The van der Waals surface area contributed by atoms with E-state index in [4.69, 9.17) is 39.5 Å². The minimum atomic E-state index is -4.51. The van der Waals surface area contributed by atoms with Crippen LogP contribution in [0.5, 0.6) is 5.88 Å². The minimum absolute atomic E-state index is 0.0154. The Labute approximate surface area is 712 Å². The summed E-state index contributed by atoms with van der Waals surface area (Å²) in [6.45, 7) is 29.7. The van der Waals surface area contributed by atoms with E-state index < -0.39 is 28.8 Å². The number of pyridine rings is 7. The van der Waals surface area contributed by atoms with E-state index in [1.54, 1.807) is 63.2 Å². The minimum Gasteiger partial charge on any atom is -0.481 e. The van der Waals surface area contributed by atoms with Crippen LogP contribution in [0.15, 0.2) is 127 Å². The largest absolute Gasteiger partial charge is 0.481 e. The Hall–Kier alpha value is -8.86. The van der Waals surface area contributed by atoms with Crippen molar-refractivity contribution in [3.8, 4) is 5.88 Å². The zero-order valence-electron chi connectivity index (χ0n) is 70.2. The molecule has 117 heavy (non-hydrogen) atoms. The number of rotatable bonds is 36. The second kappa shape index (κ2) is 61.5. The average molecular weight is 1760 g/mol. The van der Waals surface area contributed by atoms with Crippen molar-refractivity contribution in [2.45, 2.75) is 193 Å². The summed E-state index contributed by atoms with van der Waals surface area (Å²) < 4.78 is 69.7. The lowest BCUT2D eigenvalue weighted by atomic mass is 9.97. The highest BCUT2D eigenvalue weighted by Crippen LogP contribution is 2.34. The third kappa shape index (κ3) is 52.5. The monoisotopic (exact) mass is 1760 g/mol. The Morgan fingerprint density at radius 3 is 1.07 bits per heavy atom. The van der Waals surface area contributed by atoms with Gasteiger partial charge in [0.1, 0.15) is 20.1 Å². The fourth-order valence-electron chi connectivity index (χ4n) is 11.2. The van der Waals surface area contributed by atoms with Crippen LogP contribution in [0.2, 0.25) is 15.5 Å². The van der Waals surface area contributed by atoms with Crippen LogP contribution in [0.4, 0.5) is 22.0 Å². The summed E-state index contributed by atoms with van der Waals surface area (Å²) in [6, 6.07) is 22.9. The van der Waals surface area contributed by atoms with Gasteiger partial charge in [-0.1, -0.05) is 146 Å².